The molecule has 1 atom stereocenters. The number of methoxy groups -OCH3 is 1. The highest BCUT2D eigenvalue weighted by atomic mass is 16.5. The summed E-state index contributed by atoms with van der Waals surface area (Å²) < 4.78 is 4.79. The second-order valence-corrected chi connectivity index (χ2v) is 5.20. The van der Waals surface area contributed by atoms with Crippen LogP contribution >= 0.6 is 0 Å². The molecule has 5 nitrogen and oxygen atoms in total. The zero-order valence-corrected chi connectivity index (χ0v) is 11.9. The van der Waals surface area contributed by atoms with Gasteiger partial charge in [-0.3, -0.25) is 9.59 Å². The van der Waals surface area contributed by atoms with Crippen molar-refractivity contribution >= 4 is 17.7 Å². The number of ether oxygens (including phenoxy) is 1. The van der Waals surface area contributed by atoms with Gasteiger partial charge in [-0.25, -0.2) is 4.98 Å². The fourth-order valence-corrected chi connectivity index (χ4v) is 2.75. The number of rotatable bonds is 4. The molecule has 2 rings (SSSR count). The van der Waals surface area contributed by atoms with E-state index >= 15 is 0 Å². The van der Waals surface area contributed by atoms with Gasteiger partial charge in [0, 0.05) is 5.69 Å². The molecule has 1 fully saturated rings. The number of aryl methyl sites for hydroxylation is 1. The van der Waals surface area contributed by atoms with E-state index in [1.54, 1.807) is 6.07 Å². The number of carbonyl (C=O) groups excluding carboxylic acids is 2. The van der Waals surface area contributed by atoms with Gasteiger partial charge in [0.15, 0.2) is 0 Å². The molecule has 108 valence electrons. The van der Waals surface area contributed by atoms with Gasteiger partial charge >= 0.3 is 5.97 Å². The summed E-state index contributed by atoms with van der Waals surface area (Å²) in [7, 11) is 1.32. The van der Waals surface area contributed by atoms with E-state index < -0.39 is 11.9 Å². The molecule has 0 aromatic carbocycles. The quantitative estimate of drug-likeness (QED) is 0.677. The number of amides is 1. The van der Waals surface area contributed by atoms with Crippen LogP contribution in [0.5, 0.6) is 0 Å². The zero-order valence-electron chi connectivity index (χ0n) is 11.9. The first-order chi connectivity index (χ1) is 9.61. The average Bonchev–Trinajstić information content (AvgIpc) is 2.92. The van der Waals surface area contributed by atoms with Crippen molar-refractivity contribution in [3.8, 4) is 0 Å². The third kappa shape index (κ3) is 3.35. The Labute approximate surface area is 118 Å². The molecule has 1 N–H and O–H groups in total. The molecule has 1 amide bonds. The maximum atomic E-state index is 12.4. The largest absolute Gasteiger partial charge is 0.468 e. The first-order valence-corrected chi connectivity index (χ1v) is 6.94. The minimum atomic E-state index is -0.732. The summed E-state index contributed by atoms with van der Waals surface area (Å²) in [6.45, 7) is 1.85. The molecule has 0 saturated heterocycles. The molecule has 1 aromatic heterocycles. The topological polar surface area (TPSA) is 68.3 Å². The maximum Gasteiger partial charge on any atom is 0.318 e. The Hall–Kier alpha value is -1.91. The molecule has 1 heterocycles. The first-order valence-electron chi connectivity index (χ1n) is 6.94. The number of esters is 1. The minimum Gasteiger partial charge on any atom is -0.468 e. The van der Waals surface area contributed by atoms with Gasteiger partial charge in [-0.1, -0.05) is 18.9 Å². The van der Waals surface area contributed by atoms with Crippen LogP contribution in [0.4, 0.5) is 5.82 Å². The van der Waals surface area contributed by atoms with E-state index in [-0.39, 0.29) is 11.8 Å². The summed E-state index contributed by atoms with van der Waals surface area (Å²) in [5, 5.41) is 2.72. The number of nitrogens with zero attached hydrogens (tertiary/aromatic N) is 1. The lowest BCUT2D eigenvalue weighted by Gasteiger charge is -2.20. The highest BCUT2D eigenvalue weighted by Crippen LogP contribution is 2.32. The van der Waals surface area contributed by atoms with Crippen LogP contribution in [0.15, 0.2) is 18.2 Å². The van der Waals surface area contributed by atoms with E-state index in [1.165, 1.54) is 7.11 Å². The van der Waals surface area contributed by atoms with Crippen LogP contribution in [0, 0.1) is 18.8 Å². The second kappa shape index (κ2) is 6.50. The molecule has 5 heteroatoms. The lowest BCUT2D eigenvalue weighted by atomic mass is 9.90. The van der Waals surface area contributed by atoms with Crippen LogP contribution < -0.4 is 5.32 Å². The number of hydrogen-bond donors (Lipinski definition) is 1. The van der Waals surface area contributed by atoms with Gasteiger partial charge in [0.05, 0.1) is 7.11 Å². The number of anilines is 1. The van der Waals surface area contributed by atoms with E-state index in [1.807, 2.05) is 19.1 Å². The molecule has 0 spiro atoms. The molecular formula is C15H20N2O3. The highest BCUT2D eigenvalue weighted by molar-refractivity contribution is 6.04. The van der Waals surface area contributed by atoms with Crippen LogP contribution in [-0.2, 0) is 14.3 Å². The third-order valence-corrected chi connectivity index (χ3v) is 3.75. The predicted molar refractivity (Wildman–Crippen MR) is 75.1 cm³/mol. The van der Waals surface area contributed by atoms with Crippen molar-refractivity contribution < 1.29 is 14.3 Å². The van der Waals surface area contributed by atoms with Gasteiger partial charge in [-0.2, -0.15) is 0 Å². The van der Waals surface area contributed by atoms with Gasteiger partial charge in [0.25, 0.3) is 0 Å². The molecule has 1 saturated carbocycles. The predicted octanol–water partition coefficient (Wildman–Crippen LogP) is 2.31. The summed E-state index contributed by atoms with van der Waals surface area (Å²) in [5.41, 5.74) is 0.818. The Balaban J connectivity index is 2.11. The molecule has 0 unspecified atom stereocenters. The molecule has 0 radical (unpaired) electrons. The van der Waals surface area contributed by atoms with Crippen LogP contribution in [0.25, 0.3) is 0 Å². The highest BCUT2D eigenvalue weighted by Gasteiger charge is 2.37. The van der Waals surface area contributed by atoms with Crippen molar-refractivity contribution in [2.75, 3.05) is 12.4 Å². The summed E-state index contributed by atoms with van der Waals surface area (Å²) >= 11 is 0. The number of pyridine rings is 1. The number of nitrogens with one attached hydrogen (secondary N) is 1. The van der Waals surface area contributed by atoms with E-state index in [9.17, 15) is 9.59 Å². The fraction of sp³-hybridized carbons (Fsp3) is 0.533. The van der Waals surface area contributed by atoms with Gasteiger partial charge in [0.1, 0.15) is 11.7 Å². The van der Waals surface area contributed by atoms with Crippen LogP contribution in [0.1, 0.15) is 31.4 Å². The van der Waals surface area contributed by atoms with E-state index in [0.29, 0.717) is 5.82 Å². The van der Waals surface area contributed by atoms with Crippen molar-refractivity contribution in [3.63, 3.8) is 0 Å². The Morgan fingerprint density at radius 1 is 1.35 bits per heavy atom. The maximum absolute atomic E-state index is 12.4. The van der Waals surface area contributed by atoms with Crippen LogP contribution in [0.2, 0.25) is 0 Å². The van der Waals surface area contributed by atoms with Gasteiger partial charge in [0.2, 0.25) is 5.91 Å². The monoisotopic (exact) mass is 276 g/mol. The molecule has 20 heavy (non-hydrogen) atoms. The Bertz CT molecular complexity index is 496. The van der Waals surface area contributed by atoms with Crippen LogP contribution in [0.3, 0.4) is 0 Å². The number of carbonyl (C=O) groups is 2. The van der Waals surface area contributed by atoms with Crippen molar-refractivity contribution in [1.29, 1.82) is 0 Å². The molecule has 0 aliphatic heterocycles. The lowest BCUT2D eigenvalue weighted by Crippen LogP contribution is -2.35. The third-order valence-electron chi connectivity index (χ3n) is 3.75. The zero-order chi connectivity index (χ0) is 14.5. The van der Waals surface area contributed by atoms with Crippen molar-refractivity contribution in [2.45, 2.75) is 32.6 Å². The van der Waals surface area contributed by atoms with E-state index in [2.05, 4.69) is 10.3 Å². The summed E-state index contributed by atoms with van der Waals surface area (Å²) in [5.74, 6) is -0.956. The SMILES string of the molecule is COC(=O)[C@H](C(=O)Nc1cccc(C)n1)C1CCCC1. The standard InChI is InChI=1S/C15H20N2O3/c1-10-6-5-9-12(16-10)17-14(18)13(15(19)20-2)11-7-3-4-8-11/h5-6,9,11,13H,3-4,7-8H2,1-2H3,(H,16,17,18)/t13-/m0/s1. The Morgan fingerprint density at radius 2 is 2.05 bits per heavy atom. The van der Waals surface area contributed by atoms with E-state index in [4.69, 9.17) is 4.74 Å². The molecular weight excluding hydrogens is 256 g/mol. The van der Waals surface area contributed by atoms with E-state index in [0.717, 1.165) is 31.4 Å². The number of hydrogen-bond acceptors (Lipinski definition) is 4. The average molecular weight is 276 g/mol. The van der Waals surface area contributed by atoms with Gasteiger partial charge in [-0.15, -0.1) is 0 Å². The lowest BCUT2D eigenvalue weighted by molar-refractivity contribution is -0.150. The number of aromatic nitrogens is 1. The fourth-order valence-electron chi connectivity index (χ4n) is 2.75. The second-order valence-electron chi connectivity index (χ2n) is 5.20. The smallest absolute Gasteiger partial charge is 0.318 e. The summed E-state index contributed by atoms with van der Waals surface area (Å²) in [4.78, 5) is 28.5. The molecule has 0 bridgehead atoms. The van der Waals surface area contributed by atoms with Crippen molar-refractivity contribution in [1.82, 2.24) is 4.98 Å². The van der Waals surface area contributed by atoms with Crippen LogP contribution in [-0.4, -0.2) is 24.0 Å². The van der Waals surface area contributed by atoms with Crippen molar-refractivity contribution in [2.24, 2.45) is 11.8 Å². The van der Waals surface area contributed by atoms with Crippen molar-refractivity contribution in [3.05, 3.63) is 23.9 Å². The Kier molecular flexibility index (Phi) is 4.71. The first kappa shape index (κ1) is 14.5. The molecule has 1 aliphatic carbocycles. The normalized spacial score (nSPS) is 16.7. The van der Waals surface area contributed by atoms with Gasteiger partial charge < -0.3 is 10.1 Å². The molecule has 1 aliphatic rings. The molecule has 1 aromatic rings. The van der Waals surface area contributed by atoms with Gasteiger partial charge in [-0.05, 0) is 37.8 Å². The Morgan fingerprint density at radius 3 is 2.65 bits per heavy atom. The summed E-state index contributed by atoms with van der Waals surface area (Å²) in [6.07, 6.45) is 3.92. The minimum absolute atomic E-state index is 0.0762. The summed E-state index contributed by atoms with van der Waals surface area (Å²) in [6, 6.07) is 5.39.